The van der Waals surface area contributed by atoms with Crippen LogP contribution in [0.25, 0.3) is 21.8 Å². The molecule has 0 aliphatic rings. The number of fused-ring (bicyclic) bond motifs is 3. The number of hydrogen-bond acceptors (Lipinski definition) is 1. The smallest absolute Gasteiger partial charge is 0.249 e. The summed E-state index contributed by atoms with van der Waals surface area (Å²) < 4.78 is 30.1. The van der Waals surface area contributed by atoms with E-state index in [1.165, 1.54) is 18.2 Å². The fraction of sp³-hybridized carbons (Fsp3) is 0.0500. The molecule has 0 aliphatic heterocycles. The Bertz CT molecular complexity index is 1180. The Kier molecular flexibility index (Phi) is 3.89. The molecule has 0 bridgehead atoms. The molecule has 26 heavy (non-hydrogen) atoms. The molecule has 2 N–H and O–H groups in total. The zero-order chi connectivity index (χ0) is 18.4. The lowest BCUT2D eigenvalue weighted by molar-refractivity contribution is 0.100. The predicted molar refractivity (Wildman–Crippen MR) is 98.4 cm³/mol. The van der Waals surface area contributed by atoms with Gasteiger partial charge in [0.2, 0.25) is 5.91 Å². The maximum Gasteiger partial charge on any atom is 0.249 e. The zero-order valence-corrected chi connectivity index (χ0v) is 14.2. The van der Waals surface area contributed by atoms with Crippen LogP contribution < -0.4 is 5.73 Å². The third kappa shape index (κ3) is 2.52. The van der Waals surface area contributed by atoms with Gasteiger partial charge in [0.1, 0.15) is 11.6 Å². The second kappa shape index (κ2) is 6.11. The Morgan fingerprint density at radius 1 is 1.04 bits per heavy atom. The van der Waals surface area contributed by atoms with Gasteiger partial charge in [-0.25, -0.2) is 8.78 Å². The molecule has 6 heteroatoms. The van der Waals surface area contributed by atoms with Crippen molar-refractivity contribution < 1.29 is 13.6 Å². The van der Waals surface area contributed by atoms with E-state index in [4.69, 9.17) is 17.3 Å². The number of benzene rings is 3. The van der Waals surface area contributed by atoms with Crippen LogP contribution in [0, 0.1) is 11.6 Å². The quantitative estimate of drug-likeness (QED) is 0.549. The lowest BCUT2D eigenvalue weighted by Crippen LogP contribution is -2.11. The van der Waals surface area contributed by atoms with Gasteiger partial charge in [-0.05, 0) is 36.4 Å². The van der Waals surface area contributed by atoms with Gasteiger partial charge in [0.05, 0.1) is 17.1 Å². The molecule has 3 nitrogen and oxygen atoms in total. The first-order valence-electron chi connectivity index (χ1n) is 7.90. The van der Waals surface area contributed by atoms with Crippen LogP contribution in [0.5, 0.6) is 0 Å². The molecule has 4 rings (SSSR count). The molecule has 3 aromatic carbocycles. The summed E-state index contributed by atoms with van der Waals surface area (Å²) in [5.41, 5.74) is 7.53. The summed E-state index contributed by atoms with van der Waals surface area (Å²) in [5.74, 6) is -1.53. The van der Waals surface area contributed by atoms with Gasteiger partial charge in [-0.3, -0.25) is 4.79 Å². The fourth-order valence-corrected chi connectivity index (χ4v) is 3.53. The first-order valence-corrected chi connectivity index (χ1v) is 8.28. The molecule has 0 radical (unpaired) electrons. The van der Waals surface area contributed by atoms with E-state index in [0.29, 0.717) is 32.9 Å². The molecule has 0 saturated carbocycles. The largest absolute Gasteiger partial charge is 0.366 e. The SMILES string of the molecule is NC(=O)c1cccc2c1c1cc(F)ccc1n2Cc1cccc(Cl)c1F. The van der Waals surface area contributed by atoms with Crippen molar-refractivity contribution in [2.45, 2.75) is 6.54 Å². The number of rotatable bonds is 3. The molecule has 0 unspecified atom stereocenters. The number of primary amides is 1. The topological polar surface area (TPSA) is 48.0 Å². The monoisotopic (exact) mass is 370 g/mol. The van der Waals surface area contributed by atoms with Crippen molar-refractivity contribution in [3.63, 3.8) is 0 Å². The Labute approximate surface area is 152 Å². The first kappa shape index (κ1) is 16.5. The van der Waals surface area contributed by atoms with Gasteiger partial charge < -0.3 is 10.3 Å². The van der Waals surface area contributed by atoms with Crippen LogP contribution in [0.1, 0.15) is 15.9 Å². The maximum atomic E-state index is 14.4. The van der Waals surface area contributed by atoms with E-state index in [-0.39, 0.29) is 11.6 Å². The van der Waals surface area contributed by atoms with E-state index in [2.05, 4.69) is 0 Å². The van der Waals surface area contributed by atoms with Crippen molar-refractivity contribution in [2.24, 2.45) is 5.73 Å². The number of aromatic nitrogens is 1. The lowest BCUT2D eigenvalue weighted by Gasteiger charge is -2.10. The Hall–Kier alpha value is -2.92. The number of nitrogens with two attached hydrogens (primary N) is 1. The van der Waals surface area contributed by atoms with Gasteiger partial charge in [-0.15, -0.1) is 0 Å². The van der Waals surface area contributed by atoms with Crippen LogP contribution in [0.4, 0.5) is 8.78 Å². The molecule has 1 heterocycles. The zero-order valence-electron chi connectivity index (χ0n) is 13.5. The molecule has 1 amide bonds. The summed E-state index contributed by atoms with van der Waals surface area (Å²) in [6.07, 6.45) is 0. The number of hydrogen-bond donors (Lipinski definition) is 1. The van der Waals surface area contributed by atoms with Gasteiger partial charge in [0.25, 0.3) is 0 Å². The van der Waals surface area contributed by atoms with E-state index < -0.39 is 17.5 Å². The Balaban J connectivity index is 2.06. The van der Waals surface area contributed by atoms with Gasteiger partial charge in [0.15, 0.2) is 0 Å². The van der Waals surface area contributed by atoms with E-state index in [9.17, 15) is 13.6 Å². The minimum atomic E-state index is -0.604. The van der Waals surface area contributed by atoms with Gasteiger partial charge in [-0.1, -0.05) is 29.8 Å². The van der Waals surface area contributed by atoms with Crippen LogP contribution in [0.3, 0.4) is 0 Å². The first-order chi connectivity index (χ1) is 12.5. The van der Waals surface area contributed by atoms with E-state index >= 15 is 0 Å². The highest BCUT2D eigenvalue weighted by atomic mass is 35.5. The number of amides is 1. The second-order valence-corrected chi connectivity index (χ2v) is 6.43. The van der Waals surface area contributed by atoms with E-state index in [1.807, 2.05) is 4.57 Å². The summed E-state index contributed by atoms with van der Waals surface area (Å²) in [5, 5.41) is 1.14. The third-order valence-electron chi connectivity index (χ3n) is 4.48. The molecule has 0 atom stereocenters. The van der Waals surface area contributed by atoms with Crippen LogP contribution >= 0.6 is 11.6 Å². The minimum Gasteiger partial charge on any atom is -0.366 e. The average molecular weight is 371 g/mol. The Morgan fingerprint density at radius 3 is 2.58 bits per heavy atom. The maximum absolute atomic E-state index is 14.4. The molecule has 0 aliphatic carbocycles. The number of nitrogens with zero attached hydrogens (tertiary/aromatic N) is 1. The number of carbonyl (C=O) groups is 1. The van der Waals surface area contributed by atoms with Crippen LogP contribution in [-0.2, 0) is 6.54 Å². The number of halogens is 3. The predicted octanol–water partition coefficient (Wildman–Crippen LogP) is 4.87. The van der Waals surface area contributed by atoms with Crippen molar-refractivity contribution in [1.82, 2.24) is 4.57 Å². The van der Waals surface area contributed by atoms with Crippen molar-refractivity contribution >= 4 is 39.3 Å². The van der Waals surface area contributed by atoms with E-state index in [0.717, 1.165) is 0 Å². The van der Waals surface area contributed by atoms with Crippen molar-refractivity contribution in [3.05, 3.63) is 82.4 Å². The van der Waals surface area contributed by atoms with Crippen molar-refractivity contribution in [2.75, 3.05) is 0 Å². The molecule has 0 saturated heterocycles. The molecule has 1 aromatic heterocycles. The highest BCUT2D eigenvalue weighted by Gasteiger charge is 2.18. The molecular formula is C20H13ClF2N2O. The van der Waals surface area contributed by atoms with Gasteiger partial charge in [0, 0.05) is 27.4 Å². The van der Waals surface area contributed by atoms with Crippen LogP contribution in [0.15, 0.2) is 54.6 Å². The number of carbonyl (C=O) groups excluding carboxylic acids is 1. The average Bonchev–Trinajstić information content (AvgIpc) is 2.92. The second-order valence-electron chi connectivity index (χ2n) is 6.02. The molecule has 0 fully saturated rings. The molecule has 130 valence electrons. The van der Waals surface area contributed by atoms with Crippen LogP contribution in [0.2, 0.25) is 5.02 Å². The van der Waals surface area contributed by atoms with Crippen molar-refractivity contribution in [3.8, 4) is 0 Å². The summed E-state index contributed by atoms with van der Waals surface area (Å²) in [4.78, 5) is 11.9. The highest BCUT2D eigenvalue weighted by Crippen LogP contribution is 2.33. The standard InChI is InChI=1S/C20H13ClF2N2O/c21-15-5-1-3-11(19(15)23)10-25-16-8-7-12(22)9-14(16)18-13(20(24)26)4-2-6-17(18)25/h1-9H,10H2,(H2,24,26). The molecular weight excluding hydrogens is 358 g/mol. The third-order valence-corrected chi connectivity index (χ3v) is 4.77. The molecule has 0 spiro atoms. The van der Waals surface area contributed by atoms with Crippen molar-refractivity contribution in [1.29, 1.82) is 0 Å². The normalized spacial score (nSPS) is 11.3. The minimum absolute atomic E-state index is 0.0344. The summed E-state index contributed by atoms with van der Waals surface area (Å²) in [7, 11) is 0. The van der Waals surface area contributed by atoms with Gasteiger partial charge in [-0.2, -0.15) is 0 Å². The lowest BCUT2D eigenvalue weighted by atomic mass is 10.1. The fourth-order valence-electron chi connectivity index (χ4n) is 3.34. The van der Waals surface area contributed by atoms with E-state index in [1.54, 1.807) is 36.4 Å². The van der Waals surface area contributed by atoms with Crippen LogP contribution in [-0.4, -0.2) is 10.5 Å². The highest BCUT2D eigenvalue weighted by molar-refractivity contribution is 6.30. The summed E-state index contributed by atoms with van der Waals surface area (Å²) in [6, 6.07) is 14.2. The Morgan fingerprint density at radius 2 is 1.81 bits per heavy atom. The van der Waals surface area contributed by atoms with Gasteiger partial charge >= 0.3 is 0 Å². The molecule has 4 aromatic rings. The summed E-state index contributed by atoms with van der Waals surface area (Å²) >= 11 is 5.88. The summed E-state index contributed by atoms with van der Waals surface area (Å²) in [6.45, 7) is 0.181.